The minimum atomic E-state index is 0.449. The third kappa shape index (κ3) is 3.92. The van der Waals surface area contributed by atoms with Gasteiger partial charge in [0, 0.05) is 19.7 Å². The summed E-state index contributed by atoms with van der Waals surface area (Å²) in [5.74, 6) is 2.22. The molecule has 2 rings (SSSR count). The van der Waals surface area contributed by atoms with Crippen LogP contribution in [0.3, 0.4) is 0 Å². The van der Waals surface area contributed by atoms with Crippen molar-refractivity contribution in [3.8, 4) is 17.1 Å². The lowest BCUT2D eigenvalue weighted by molar-refractivity contribution is 0.181. The molecule has 0 atom stereocenters. The van der Waals surface area contributed by atoms with Crippen molar-refractivity contribution in [2.75, 3.05) is 25.6 Å². The van der Waals surface area contributed by atoms with Crippen molar-refractivity contribution in [3.63, 3.8) is 0 Å². The lowest BCUT2D eigenvalue weighted by atomic mass is 10.2. The summed E-state index contributed by atoms with van der Waals surface area (Å²) in [6.45, 7) is 5.85. The zero-order valence-corrected chi connectivity index (χ0v) is 12.7. The lowest BCUT2D eigenvalue weighted by Gasteiger charge is -2.12. The molecule has 2 aromatic rings. The number of ether oxygens (including phenoxy) is 2. The molecular formula is C16H21N3O2. The molecule has 0 spiro atoms. The molecule has 1 aromatic heterocycles. The number of para-hydroxylation sites is 1. The molecule has 0 bridgehead atoms. The van der Waals surface area contributed by atoms with Crippen molar-refractivity contribution in [3.05, 3.63) is 36.0 Å². The van der Waals surface area contributed by atoms with E-state index in [-0.39, 0.29) is 0 Å². The Bertz CT molecular complexity index is 563. The summed E-state index contributed by atoms with van der Waals surface area (Å²) in [6, 6.07) is 9.69. The van der Waals surface area contributed by atoms with Gasteiger partial charge in [0.2, 0.25) is 0 Å². The van der Waals surface area contributed by atoms with Crippen LogP contribution in [0, 0.1) is 0 Å². The Morgan fingerprint density at radius 3 is 2.67 bits per heavy atom. The second kappa shape index (κ2) is 7.59. The fourth-order valence-corrected chi connectivity index (χ4v) is 2.04. The highest BCUT2D eigenvalue weighted by molar-refractivity contribution is 5.65. The third-order valence-corrected chi connectivity index (χ3v) is 2.86. The molecule has 0 aliphatic heterocycles. The first-order valence-corrected chi connectivity index (χ1v) is 7.11. The van der Waals surface area contributed by atoms with Crippen LogP contribution in [-0.2, 0) is 11.3 Å². The van der Waals surface area contributed by atoms with Gasteiger partial charge in [-0.1, -0.05) is 12.1 Å². The Hall–Kier alpha value is -2.14. The van der Waals surface area contributed by atoms with Gasteiger partial charge < -0.3 is 14.8 Å². The Morgan fingerprint density at radius 2 is 1.95 bits per heavy atom. The van der Waals surface area contributed by atoms with Crippen molar-refractivity contribution < 1.29 is 9.47 Å². The molecule has 5 nitrogen and oxygen atoms in total. The molecule has 1 heterocycles. The van der Waals surface area contributed by atoms with E-state index in [9.17, 15) is 0 Å². The topological polar surface area (TPSA) is 56.3 Å². The molecule has 0 saturated carbocycles. The van der Waals surface area contributed by atoms with Crippen LogP contribution in [0.1, 0.15) is 19.5 Å². The highest BCUT2D eigenvalue weighted by Crippen LogP contribution is 2.28. The normalized spacial score (nSPS) is 10.4. The quantitative estimate of drug-likeness (QED) is 0.848. The summed E-state index contributed by atoms with van der Waals surface area (Å²) in [5.41, 5.74) is 1.72. The standard InChI is InChI=1S/C16H21N3O2/c1-4-17-15-10-12(11-20-3)18-16(19-15)13-8-6-7-9-14(13)21-5-2/h6-10H,4-5,11H2,1-3H3,(H,17,18,19). The summed E-state index contributed by atoms with van der Waals surface area (Å²) in [7, 11) is 1.66. The van der Waals surface area contributed by atoms with Crippen LogP contribution in [0.15, 0.2) is 30.3 Å². The molecule has 0 fully saturated rings. The van der Waals surface area contributed by atoms with Gasteiger partial charge in [-0.25, -0.2) is 9.97 Å². The SMILES string of the molecule is CCNc1cc(COC)nc(-c2ccccc2OCC)n1. The monoisotopic (exact) mass is 287 g/mol. The first kappa shape index (κ1) is 15.3. The zero-order chi connectivity index (χ0) is 15.1. The highest BCUT2D eigenvalue weighted by atomic mass is 16.5. The van der Waals surface area contributed by atoms with Crippen LogP contribution in [0.25, 0.3) is 11.4 Å². The van der Waals surface area contributed by atoms with Crippen molar-refractivity contribution in [1.82, 2.24) is 9.97 Å². The highest BCUT2D eigenvalue weighted by Gasteiger charge is 2.11. The van der Waals surface area contributed by atoms with Gasteiger partial charge in [0.25, 0.3) is 0 Å². The summed E-state index contributed by atoms with van der Waals surface area (Å²) in [5, 5.41) is 3.22. The fourth-order valence-electron chi connectivity index (χ4n) is 2.04. The van der Waals surface area contributed by atoms with E-state index in [4.69, 9.17) is 9.47 Å². The number of nitrogens with one attached hydrogen (secondary N) is 1. The minimum absolute atomic E-state index is 0.449. The van der Waals surface area contributed by atoms with Gasteiger partial charge >= 0.3 is 0 Å². The summed E-state index contributed by atoms with van der Waals surface area (Å²) >= 11 is 0. The average molecular weight is 287 g/mol. The molecule has 112 valence electrons. The first-order chi connectivity index (χ1) is 10.3. The Morgan fingerprint density at radius 1 is 1.14 bits per heavy atom. The molecule has 1 aromatic carbocycles. The number of rotatable bonds is 7. The van der Waals surface area contributed by atoms with E-state index < -0.39 is 0 Å². The molecule has 0 radical (unpaired) electrons. The van der Waals surface area contributed by atoms with Crippen molar-refractivity contribution in [1.29, 1.82) is 0 Å². The van der Waals surface area contributed by atoms with Crippen LogP contribution in [0.5, 0.6) is 5.75 Å². The van der Waals surface area contributed by atoms with E-state index in [2.05, 4.69) is 15.3 Å². The fraction of sp³-hybridized carbons (Fsp3) is 0.375. The van der Waals surface area contributed by atoms with Crippen molar-refractivity contribution >= 4 is 5.82 Å². The van der Waals surface area contributed by atoms with Gasteiger partial charge in [0.1, 0.15) is 11.6 Å². The molecular weight excluding hydrogens is 266 g/mol. The van der Waals surface area contributed by atoms with Gasteiger partial charge in [0.05, 0.1) is 24.5 Å². The number of hydrogen-bond acceptors (Lipinski definition) is 5. The predicted molar refractivity (Wildman–Crippen MR) is 83.5 cm³/mol. The maximum Gasteiger partial charge on any atom is 0.165 e. The number of aromatic nitrogens is 2. The smallest absolute Gasteiger partial charge is 0.165 e. The number of nitrogens with zero attached hydrogens (tertiary/aromatic N) is 2. The Labute approximate surface area is 125 Å². The van der Waals surface area contributed by atoms with Crippen LogP contribution in [0.4, 0.5) is 5.82 Å². The van der Waals surface area contributed by atoms with Crippen molar-refractivity contribution in [2.45, 2.75) is 20.5 Å². The third-order valence-electron chi connectivity index (χ3n) is 2.86. The van der Waals surface area contributed by atoms with Gasteiger partial charge in [-0.2, -0.15) is 0 Å². The number of anilines is 1. The Balaban J connectivity index is 2.46. The van der Waals surface area contributed by atoms with Crippen molar-refractivity contribution in [2.24, 2.45) is 0 Å². The minimum Gasteiger partial charge on any atom is -0.493 e. The lowest BCUT2D eigenvalue weighted by Crippen LogP contribution is -2.05. The van der Waals surface area contributed by atoms with Crippen LogP contribution in [-0.4, -0.2) is 30.2 Å². The van der Waals surface area contributed by atoms with Gasteiger partial charge in [-0.05, 0) is 26.0 Å². The van der Waals surface area contributed by atoms with E-state index in [1.165, 1.54) is 0 Å². The van der Waals surface area contributed by atoms with Gasteiger partial charge in [0.15, 0.2) is 5.82 Å². The maximum atomic E-state index is 5.66. The predicted octanol–water partition coefficient (Wildman–Crippen LogP) is 3.12. The zero-order valence-electron chi connectivity index (χ0n) is 12.7. The number of benzene rings is 1. The van der Waals surface area contributed by atoms with E-state index >= 15 is 0 Å². The number of methoxy groups -OCH3 is 1. The van der Waals surface area contributed by atoms with E-state index in [0.717, 1.165) is 29.4 Å². The molecule has 5 heteroatoms. The molecule has 0 aliphatic carbocycles. The maximum absolute atomic E-state index is 5.66. The van der Waals surface area contributed by atoms with Crippen LogP contribution in [0.2, 0.25) is 0 Å². The average Bonchev–Trinajstić information content (AvgIpc) is 2.49. The molecule has 0 saturated heterocycles. The number of hydrogen-bond donors (Lipinski definition) is 1. The second-order valence-electron chi connectivity index (χ2n) is 4.46. The molecule has 21 heavy (non-hydrogen) atoms. The van der Waals surface area contributed by atoms with Crippen LogP contribution >= 0.6 is 0 Å². The molecule has 0 unspecified atom stereocenters. The molecule has 0 aliphatic rings. The summed E-state index contributed by atoms with van der Waals surface area (Å²) in [6.07, 6.45) is 0. The summed E-state index contributed by atoms with van der Waals surface area (Å²) in [4.78, 5) is 9.12. The largest absolute Gasteiger partial charge is 0.493 e. The molecule has 0 amide bonds. The van der Waals surface area contributed by atoms with E-state index in [1.54, 1.807) is 7.11 Å². The van der Waals surface area contributed by atoms with E-state index in [1.807, 2.05) is 44.2 Å². The first-order valence-electron chi connectivity index (χ1n) is 7.11. The molecule has 1 N–H and O–H groups in total. The van der Waals surface area contributed by atoms with Gasteiger partial charge in [-0.15, -0.1) is 0 Å². The van der Waals surface area contributed by atoms with Crippen LogP contribution < -0.4 is 10.1 Å². The summed E-state index contributed by atoms with van der Waals surface area (Å²) < 4.78 is 10.8. The van der Waals surface area contributed by atoms with Gasteiger partial charge in [-0.3, -0.25) is 0 Å². The second-order valence-corrected chi connectivity index (χ2v) is 4.46. The van der Waals surface area contributed by atoms with E-state index in [0.29, 0.717) is 19.0 Å². The Kier molecular flexibility index (Phi) is 5.51.